The number of hydrogen-bond donors (Lipinski definition) is 0. The Labute approximate surface area is 346 Å². The van der Waals surface area contributed by atoms with Gasteiger partial charge in [-0.3, -0.25) is 0 Å². The highest BCUT2D eigenvalue weighted by Crippen LogP contribution is 2.51. The van der Waals surface area contributed by atoms with Crippen LogP contribution in [0.5, 0.6) is 0 Å². The Morgan fingerprint density at radius 3 is 1.85 bits per heavy atom. The zero-order chi connectivity index (χ0) is 41.0. The number of fused-ring (bicyclic) bond motifs is 6. The number of hydrogen-bond acceptors (Lipinski definition) is 5. The van der Waals surface area contributed by atoms with Crippen LogP contribution in [-0.2, 0) is 29.9 Å². The first kappa shape index (κ1) is 39.1. The fourth-order valence-electron chi connectivity index (χ4n) is 8.81. The van der Waals surface area contributed by atoms with Crippen molar-refractivity contribution in [3.05, 3.63) is 204 Å². The number of nitrogens with zero attached hydrogens (tertiary/aromatic N) is 2. The summed E-state index contributed by atoms with van der Waals surface area (Å²) in [6, 6.07) is 25.8. The minimum absolute atomic E-state index is 0.214. The highest BCUT2D eigenvalue weighted by atomic mass is 16.5. The van der Waals surface area contributed by atoms with Crippen molar-refractivity contribution < 1.29 is 23.6 Å². The summed E-state index contributed by atoms with van der Waals surface area (Å²) in [6.45, 7) is 10.5. The van der Waals surface area contributed by atoms with E-state index in [9.17, 15) is 9.59 Å². The zero-order valence-electron chi connectivity index (χ0n) is 34.1. The first-order valence-electron chi connectivity index (χ1n) is 20.3. The van der Waals surface area contributed by atoms with E-state index < -0.39 is 0 Å². The molecule has 0 N–H and O–H groups in total. The molecule has 0 fully saturated rings. The molecule has 6 heteroatoms. The Hall–Kier alpha value is -6.79. The number of esters is 2. The number of rotatable bonds is 10. The molecule has 0 aromatic heterocycles. The molecule has 294 valence electrons. The van der Waals surface area contributed by atoms with Crippen LogP contribution in [0.3, 0.4) is 0 Å². The van der Waals surface area contributed by atoms with Crippen LogP contribution in [0.25, 0.3) is 21.5 Å². The molecule has 4 aromatic rings. The fraction of sp³-hybridized carbons (Fsp3) is 0.189. The van der Waals surface area contributed by atoms with Crippen LogP contribution >= 0.6 is 0 Å². The SMILES string of the molecule is CC1(C)C(/C=C/C=C2/N(CCOC(=O)C3=C/C=C\C=C/C=C\3)c3ccc4ccccc4c3C2(C)C)=[N+](CCOC(=O)C2=C/C=C\C=C/C=C\2)c2ccc3ccccc3c21. The van der Waals surface area contributed by atoms with Crippen LogP contribution in [0, 0.1) is 0 Å². The molecule has 0 atom stereocenters. The smallest absolute Gasteiger partial charge is 0.338 e. The topological polar surface area (TPSA) is 58.9 Å². The Kier molecular flexibility index (Phi) is 11.0. The van der Waals surface area contributed by atoms with Crippen LogP contribution in [0.2, 0.25) is 0 Å². The van der Waals surface area contributed by atoms with Gasteiger partial charge in [0, 0.05) is 34.5 Å². The van der Waals surface area contributed by atoms with Gasteiger partial charge in [0.1, 0.15) is 6.61 Å². The van der Waals surface area contributed by atoms with Gasteiger partial charge in [0.05, 0.1) is 23.1 Å². The molecule has 0 radical (unpaired) electrons. The second kappa shape index (κ2) is 16.6. The minimum Gasteiger partial charge on any atom is -0.460 e. The summed E-state index contributed by atoms with van der Waals surface area (Å²) in [5.41, 5.74) is 7.23. The van der Waals surface area contributed by atoms with E-state index in [1.54, 1.807) is 24.3 Å². The number of ether oxygens (including phenoxy) is 2. The molecule has 0 unspecified atom stereocenters. The Morgan fingerprint density at radius 2 is 1.19 bits per heavy atom. The van der Waals surface area contributed by atoms with Gasteiger partial charge in [-0.1, -0.05) is 135 Å². The molecule has 0 spiro atoms. The Bertz CT molecular complexity index is 2700. The summed E-state index contributed by atoms with van der Waals surface area (Å²) in [5, 5.41) is 4.79. The summed E-state index contributed by atoms with van der Waals surface area (Å²) in [7, 11) is 0. The maximum absolute atomic E-state index is 13.2. The molecule has 0 saturated carbocycles. The summed E-state index contributed by atoms with van der Waals surface area (Å²) in [6.07, 6.45) is 32.5. The first-order chi connectivity index (χ1) is 28.7. The molecule has 4 aliphatic rings. The molecule has 4 aromatic carbocycles. The van der Waals surface area contributed by atoms with E-state index in [0.29, 0.717) is 24.2 Å². The lowest BCUT2D eigenvalue weighted by Crippen LogP contribution is -2.30. The molecule has 0 amide bonds. The molecule has 6 nitrogen and oxygen atoms in total. The van der Waals surface area contributed by atoms with Gasteiger partial charge >= 0.3 is 11.9 Å². The van der Waals surface area contributed by atoms with Gasteiger partial charge in [0.15, 0.2) is 18.9 Å². The summed E-state index contributed by atoms with van der Waals surface area (Å²) in [5.74, 6) is -0.707. The molecule has 2 aliphatic carbocycles. The second-order valence-corrected chi connectivity index (χ2v) is 16.0. The van der Waals surface area contributed by atoms with Gasteiger partial charge in [0.2, 0.25) is 5.69 Å². The molecule has 8 rings (SSSR count). The monoisotopic (exact) mass is 777 g/mol. The molecule has 0 saturated heterocycles. The predicted octanol–water partition coefficient (Wildman–Crippen LogP) is 10.9. The Morgan fingerprint density at radius 1 is 0.627 bits per heavy atom. The Balaban J connectivity index is 1.13. The molecule has 2 heterocycles. The molecule has 0 bridgehead atoms. The quantitative estimate of drug-likeness (QED) is 0.119. The van der Waals surface area contributed by atoms with Crippen LogP contribution in [0.4, 0.5) is 11.4 Å². The first-order valence-corrected chi connectivity index (χ1v) is 20.3. The summed E-state index contributed by atoms with van der Waals surface area (Å²) >= 11 is 0. The molecular formula is C53H49N2O4+. The third kappa shape index (κ3) is 7.66. The number of allylic oxidation sites excluding steroid dienone is 16. The zero-order valence-corrected chi connectivity index (χ0v) is 34.1. The van der Waals surface area contributed by atoms with Crippen molar-refractivity contribution in [3.63, 3.8) is 0 Å². The van der Waals surface area contributed by atoms with Gasteiger partial charge in [-0.25, -0.2) is 9.59 Å². The van der Waals surface area contributed by atoms with E-state index in [0.717, 1.165) is 22.8 Å². The maximum atomic E-state index is 13.2. The lowest BCUT2D eigenvalue weighted by Gasteiger charge is -2.27. The van der Waals surface area contributed by atoms with E-state index in [4.69, 9.17) is 9.47 Å². The van der Waals surface area contributed by atoms with Crippen molar-refractivity contribution in [1.82, 2.24) is 0 Å². The number of anilines is 1. The van der Waals surface area contributed by atoms with Gasteiger partial charge in [-0.15, -0.1) is 0 Å². The predicted molar refractivity (Wildman–Crippen MR) is 241 cm³/mol. The van der Waals surface area contributed by atoms with Crippen molar-refractivity contribution in [2.45, 2.75) is 38.5 Å². The second-order valence-electron chi connectivity index (χ2n) is 16.0. The van der Waals surface area contributed by atoms with Crippen LogP contribution in [0.1, 0.15) is 38.8 Å². The largest absolute Gasteiger partial charge is 0.460 e. The lowest BCUT2D eigenvalue weighted by molar-refractivity contribution is -0.440. The summed E-state index contributed by atoms with van der Waals surface area (Å²) in [4.78, 5) is 28.7. The van der Waals surface area contributed by atoms with Gasteiger partial charge in [-0.05, 0) is 83.5 Å². The molecule has 59 heavy (non-hydrogen) atoms. The van der Waals surface area contributed by atoms with E-state index >= 15 is 0 Å². The van der Waals surface area contributed by atoms with Crippen molar-refractivity contribution in [1.29, 1.82) is 0 Å². The third-order valence-electron chi connectivity index (χ3n) is 11.6. The van der Waals surface area contributed by atoms with E-state index in [1.165, 1.54) is 32.7 Å². The van der Waals surface area contributed by atoms with Crippen LogP contribution in [-0.4, -0.2) is 48.5 Å². The van der Waals surface area contributed by atoms with E-state index in [2.05, 4.69) is 128 Å². The standard InChI is InChI=1S/C53H49N2O4/c1-52(2)46(54(44-32-30-38-20-15-17-26-42(38)48(44)52)34-36-58-50(56)40-22-11-7-5-8-12-23-40)28-19-29-47-53(3,4)49-43-27-18-16-21-39(43)31-33-45(49)55(47)35-37-59-51(57)41-24-13-9-6-10-14-25-41/h5-33H,34-37H2,1-4H3/q+1/b7-5-,8-5?,9-6-,10-6?,11-7?,12-8-,13-9?,14-10-,22-11-,23-12?,24-13-,25-14?,40-22?,40-23+,41-24?,41-25+. The molecule has 2 aliphatic heterocycles. The maximum Gasteiger partial charge on any atom is 0.338 e. The fourth-order valence-corrected chi connectivity index (χ4v) is 8.81. The highest BCUT2D eigenvalue weighted by molar-refractivity contribution is 6.08. The molecular weight excluding hydrogens is 729 g/mol. The highest BCUT2D eigenvalue weighted by Gasteiger charge is 2.46. The lowest BCUT2D eigenvalue weighted by atomic mass is 9.79. The third-order valence-corrected chi connectivity index (χ3v) is 11.6. The van der Waals surface area contributed by atoms with Crippen molar-refractivity contribution in [2.24, 2.45) is 0 Å². The van der Waals surface area contributed by atoms with E-state index in [-0.39, 0.29) is 36.0 Å². The van der Waals surface area contributed by atoms with Gasteiger partial charge < -0.3 is 14.4 Å². The minimum atomic E-state index is -0.361. The van der Waals surface area contributed by atoms with E-state index in [1.807, 2.05) is 60.8 Å². The average Bonchev–Trinajstić information content (AvgIpc) is 3.56. The van der Waals surface area contributed by atoms with Crippen LogP contribution in [0.15, 0.2) is 193 Å². The van der Waals surface area contributed by atoms with Gasteiger partial charge in [-0.2, -0.15) is 4.58 Å². The van der Waals surface area contributed by atoms with Gasteiger partial charge in [0.25, 0.3) is 0 Å². The number of benzene rings is 4. The summed E-state index contributed by atoms with van der Waals surface area (Å²) < 4.78 is 14.1. The van der Waals surface area contributed by atoms with Crippen molar-refractivity contribution >= 4 is 50.6 Å². The number of carbonyl (C=O) groups excluding carboxylic acids is 2. The number of carbonyl (C=O) groups is 2. The van der Waals surface area contributed by atoms with Crippen LogP contribution < -0.4 is 4.90 Å². The van der Waals surface area contributed by atoms with Crippen molar-refractivity contribution in [2.75, 3.05) is 31.2 Å². The van der Waals surface area contributed by atoms with Crippen molar-refractivity contribution in [3.8, 4) is 0 Å². The average molecular weight is 778 g/mol. The normalized spacial score (nSPS) is 23.2.